The molecule has 0 saturated carbocycles. The third-order valence-electron chi connectivity index (χ3n) is 4.71. The van der Waals surface area contributed by atoms with Crippen molar-refractivity contribution in [2.75, 3.05) is 55.5 Å². The molecule has 9 heteroatoms. The number of ether oxygens (including phenoxy) is 2. The van der Waals surface area contributed by atoms with Crippen LogP contribution in [0.3, 0.4) is 0 Å². The van der Waals surface area contributed by atoms with E-state index in [0.29, 0.717) is 17.5 Å². The number of aromatic nitrogens is 4. The highest BCUT2D eigenvalue weighted by Gasteiger charge is 2.21. The molecule has 1 aliphatic rings. The normalized spacial score (nSPS) is 13.9. The topological polar surface area (TPSA) is 88.5 Å². The average molecular weight is 393 g/mol. The van der Waals surface area contributed by atoms with Gasteiger partial charge in [0.15, 0.2) is 0 Å². The SMILES string of the molecule is COc1ccc(Nc2ccnc(N3CCN(c4ncccn4)CC3)n2)c(OC)c1. The van der Waals surface area contributed by atoms with Crippen molar-refractivity contribution in [2.45, 2.75) is 0 Å². The van der Waals surface area contributed by atoms with Gasteiger partial charge >= 0.3 is 0 Å². The molecular formula is C20H23N7O2. The Morgan fingerprint density at radius 2 is 1.52 bits per heavy atom. The number of benzene rings is 1. The summed E-state index contributed by atoms with van der Waals surface area (Å²) in [5.41, 5.74) is 0.809. The molecule has 29 heavy (non-hydrogen) atoms. The molecule has 150 valence electrons. The van der Waals surface area contributed by atoms with Crippen molar-refractivity contribution in [3.63, 3.8) is 0 Å². The number of rotatable bonds is 6. The minimum atomic E-state index is 0.681. The van der Waals surface area contributed by atoms with Crippen LogP contribution in [0.1, 0.15) is 0 Å². The third kappa shape index (κ3) is 4.29. The predicted molar refractivity (Wildman–Crippen MR) is 111 cm³/mol. The number of piperazine rings is 1. The molecule has 0 radical (unpaired) electrons. The van der Waals surface area contributed by atoms with Gasteiger partial charge in [0.1, 0.15) is 17.3 Å². The second-order valence-electron chi connectivity index (χ2n) is 6.46. The quantitative estimate of drug-likeness (QED) is 0.678. The summed E-state index contributed by atoms with van der Waals surface area (Å²) in [6, 6.07) is 9.26. The van der Waals surface area contributed by atoms with Gasteiger partial charge in [0.25, 0.3) is 0 Å². The Hall–Kier alpha value is -3.62. The summed E-state index contributed by atoms with van der Waals surface area (Å²) in [5.74, 6) is 3.57. The minimum absolute atomic E-state index is 0.681. The van der Waals surface area contributed by atoms with Gasteiger partial charge in [0.2, 0.25) is 11.9 Å². The van der Waals surface area contributed by atoms with Crippen LogP contribution in [0.5, 0.6) is 11.5 Å². The Bertz CT molecular complexity index is 947. The van der Waals surface area contributed by atoms with Crippen LogP contribution in [0.15, 0.2) is 48.9 Å². The van der Waals surface area contributed by atoms with Crippen LogP contribution < -0.4 is 24.6 Å². The molecule has 1 fully saturated rings. The monoisotopic (exact) mass is 393 g/mol. The van der Waals surface area contributed by atoms with Crippen LogP contribution in [-0.2, 0) is 0 Å². The van der Waals surface area contributed by atoms with Gasteiger partial charge in [-0.05, 0) is 24.3 Å². The summed E-state index contributed by atoms with van der Waals surface area (Å²) in [6.07, 6.45) is 5.29. The average Bonchev–Trinajstić information content (AvgIpc) is 2.80. The second-order valence-corrected chi connectivity index (χ2v) is 6.46. The molecule has 0 aliphatic carbocycles. The van der Waals surface area contributed by atoms with E-state index in [1.807, 2.05) is 30.3 Å². The number of nitrogens with one attached hydrogen (secondary N) is 1. The molecule has 9 nitrogen and oxygen atoms in total. The Kier molecular flexibility index (Phi) is 5.55. The summed E-state index contributed by atoms with van der Waals surface area (Å²) >= 11 is 0. The third-order valence-corrected chi connectivity index (χ3v) is 4.71. The highest BCUT2D eigenvalue weighted by molar-refractivity contribution is 5.66. The van der Waals surface area contributed by atoms with Crippen molar-refractivity contribution >= 4 is 23.4 Å². The number of hydrogen-bond acceptors (Lipinski definition) is 9. The van der Waals surface area contributed by atoms with E-state index in [1.54, 1.807) is 32.8 Å². The molecule has 1 aromatic carbocycles. The van der Waals surface area contributed by atoms with Crippen LogP contribution in [0.25, 0.3) is 0 Å². The fraction of sp³-hybridized carbons (Fsp3) is 0.300. The van der Waals surface area contributed by atoms with Crippen LogP contribution in [0.2, 0.25) is 0 Å². The molecule has 0 spiro atoms. The Morgan fingerprint density at radius 1 is 0.828 bits per heavy atom. The van der Waals surface area contributed by atoms with E-state index in [9.17, 15) is 0 Å². The fourth-order valence-electron chi connectivity index (χ4n) is 3.17. The van der Waals surface area contributed by atoms with Crippen LogP contribution in [0, 0.1) is 0 Å². The van der Waals surface area contributed by atoms with E-state index in [-0.39, 0.29) is 0 Å². The molecule has 0 bridgehead atoms. The van der Waals surface area contributed by atoms with Crippen molar-refractivity contribution in [1.29, 1.82) is 0 Å². The van der Waals surface area contributed by atoms with Crippen molar-refractivity contribution in [3.8, 4) is 11.5 Å². The van der Waals surface area contributed by atoms with Gasteiger partial charge in [0.05, 0.1) is 19.9 Å². The molecule has 3 aromatic rings. The maximum atomic E-state index is 5.45. The summed E-state index contributed by atoms with van der Waals surface area (Å²) in [7, 11) is 3.25. The molecule has 1 saturated heterocycles. The molecule has 4 rings (SSSR count). The number of anilines is 4. The fourth-order valence-corrected chi connectivity index (χ4v) is 3.17. The molecule has 0 amide bonds. The predicted octanol–water partition coefficient (Wildman–Crippen LogP) is 2.35. The highest BCUT2D eigenvalue weighted by atomic mass is 16.5. The van der Waals surface area contributed by atoms with E-state index in [4.69, 9.17) is 9.47 Å². The lowest BCUT2D eigenvalue weighted by Gasteiger charge is -2.34. The summed E-state index contributed by atoms with van der Waals surface area (Å²) in [5, 5.41) is 3.30. The summed E-state index contributed by atoms with van der Waals surface area (Å²) < 4.78 is 10.7. The lowest BCUT2D eigenvalue weighted by atomic mass is 10.2. The Balaban J connectivity index is 1.44. The number of methoxy groups -OCH3 is 2. The second kappa shape index (κ2) is 8.59. The minimum Gasteiger partial charge on any atom is -0.497 e. The highest BCUT2D eigenvalue weighted by Crippen LogP contribution is 2.31. The van der Waals surface area contributed by atoms with Crippen LogP contribution >= 0.6 is 0 Å². The van der Waals surface area contributed by atoms with Gasteiger partial charge < -0.3 is 24.6 Å². The van der Waals surface area contributed by atoms with E-state index in [0.717, 1.165) is 43.6 Å². The van der Waals surface area contributed by atoms with Crippen LogP contribution in [-0.4, -0.2) is 60.3 Å². The van der Waals surface area contributed by atoms with Gasteiger partial charge in [-0.2, -0.15) is 4.98 Å². The first-order valence-corrected chi connectivity index (χ1v) is 9.36. The molecule has 3 heterocycles. The van der Waals surface area contributed by atoms with E-state index >= 15 is 0 Å². The molecule has 0 atom stereocenters. The zero-order valence-electron chi connectivity index (χ0n) is 16.4. The first kappa shape index (κ1) is 18.7. The molecule has 2 aromatic heterocycles. The van der Waals surface area contributed by atoms with Gasteiger partial charge in [-0.15, -0.1) is 0 Å². The molecule has 0 unspecified atom stereocenters. The molecular weight excluding hydrogens is 370 g/mol. The maximum Gasteiger partial charge on any atom is 0.227 e. The van der Waals surface area contributed by atoms with E-state index in [2.05, 4.69) is 35.1 Å². The smallest absolute Gasteiger partial charge is 0.227 e. The van der Waals surface area contributed by atoms with Gasteiger partial charge in [-0.3, -0.25) is 0 Å². The Morgan fingerprint density at radius 3 is 2.21 bits per heavy atom. The van der Waals surface area contributed by atoms with Gasteiger partial charge in [-0.25, -0.2) is 15.0 Å². The first-order chi connectivity index (χ1) is 14.3. The van der Waals surface area contributed by atoms with Crippen molar-refractivity contribution in [3.05, 3.63) is 48.9 Å². The lowest BCUT2D eigenvalue weighted by molar-refractivity contribution is 0.395. The zero-order valence-corrected chi connectivity index (χ0v) is 16.4. The standard InChI is InChI=1S/C20H23N7O2/c1-28-15-4-5-16(17(14-15)29-2)24-18-6-9-23-20(25-18)27-12-10-26(11-13-27)19-21-7-3-8-22-19/h3-9,14H,10-13H2,1-2H3,(H,23,24,25). The zero-order chi connectivity index (χ0) is 20.1. The maximum absolute atomic E-state index is 5.45. The van der Waals surface area contributed by atoms with E-state index in [1.165, 1.54) is 0 Å². The van der Waals surface area contributed by atoms with E-state index < -0.39 is 0 Å². The lowest BCUT2D eigenvalue weighted by Crippen LogP contribution is -2.47. The number of nitrogens with zero attached hydrogens (tertiary/aromatic N) is 6. The molecule has 1 N–H and O–H groups in total. The van der Waals surface area contributed by atoms with Gasteiger partial charge in [-0.1, -0.05) is 0 Å². The number of hydrogen-bond donors (Lipinski definition) is 1. The first-order valence-electron chi connectivity index (χ1n) is 9.36. The Labute approximate surface area is 169 Å². The molecule has 1 aliphatic heterocycles. The largest absolute Gasteiger partial charge is 0.497 e. The van der Waals surface area contributed by atoms with Crippen molar-refractivity contribution < 1.29 is 9.47 Å². The van der Waals surface area contributed by atoms with Crippen molar-refractivity contribution in [1.82, 2.24) is 19.9 Å². The van der Waals surface area contributed by atoms with Gasteiger partial charge in [0, 0.05) is 50.8 Å². The van der Waals surface area contributed by atoms with Crippen molar-refractivity contribution in [2.24, 2.45) is 0 Å². The van der Waals surface area contributed by atoms with Crippen LogP contribution in [0.4, 0.5) is 23.4 Å². The summed E-state index contributed by atoms with van der Waals surface area (Å²) in [4.78, 5) is 22.1. The summed E-state index contributed by atoms with van der Waals surface area (Å²) in [6.45, 7) is 3.23.